The van der Waals surface area contributed by atoms with Crippen LogP contribution in [0.4, 0.5) is 5.69 Å². The van der Waals surface area contributed by atoms with Gasteiger partial charge in [-0.3, -0.25) is 10.1 Å². The summed E-state index contributed by atoms with van der Waals surface area (Å²) in [5.74, 6) is -0.514. The summed E-state index contributed by atoms with van der Waals surface area (Å²) in [7, 11) is 1.31. The number of hydrogen-bond acceptors (Lipinski definition) is 5. The van der Waals surface area contributed by atoms with E-state index in [-0.39, 0.29) is 10.9 Å². The van der Waals surface area contributed by atoms with E-state index in [9.17, 15) is 9.59 Å². The molecule has 0 saturated carbocycles. The standard InChI is InChI=1S/C20H14Cl2N2O4S/c1-27-19(26)11-5-7-12(8-6-11)23-20(29)24-18(25)16-10-9-15(28-16)13-3-2-4-14(21)17(13)22/h2-10H,1H3,(H2,23,24,25,29). The number of halogens is 2. The van der Waals surface area contributed by atoms with E-state index in [1.807, 2.05) is 0 Å². The van der Waals surface area contributed by atoms with Crippen molar-refractivity contribution in [1.82, 2.24) is 5.32 Å². The van der Waals surface area contributed by atoms with Gasteiger partial charge < -0.3 is 14.5 Å². The number of amides is 1. The molecule has 0 unspecified atom stereocenters. The predicted molar refractivity (Wildman–Crippen MR) is 116 cm³/mol. The van der Waals surface area contributed by atoms with Gasteiger partial charge in [0.25, 0.3) is 5.91 Å². The zero-order valence-electron chi connectivity index (χ0n) is 15.0. The fourth-order valence-corrected chi connectivity index (χ4v) is 3.04. The molecule has 1 aromatic heterocycles. The molecule has 0 saturated heterocycles. The van der Waals surface area contributed by atoms with Gasteiger partial charge in [-0.1, -0.05) is 29.3 Å². The Kier molecular flexibility index (Phi) is 6.53. The van der Waals surface area contributed by atoms with Crippen molar-refractivity contribution in [2.75, 3.05) is 12.4 Å². The second-order valence-electron chi connectivity index (χ2n) is 5.74. The summed E-state index contributed by atoms with van der Waals surface area (Å²) in [6.45, 7) is 0. The average Bonchev–Trinajstić information content (AvgIpc) is 3.20. The zero-order chi connectivity index (χ0) is 21.0. The fourth-order valence-electron chi connectivity index (χ4n) is 2.43. The topological polar surface area (TPSA) is 80.6 Å². The molecule has 0 radical (unpaired) electrons. The summed E-state index contributed by atoms with van der Waals surface area (Å²) >= 11 is 17.3. The van der Waals surface area contributed by atoms with Gasteiger partial charge >= 0.3 is 5.97 Å². The Labute approximate surface area is 181 Å². The number of benzene rings is 2. The molecular weight excluding hydrogens is 435 g/mol. The number of ether oxygens (including phenoxy) is 1. The minimum absolute atomic E-state index is 0.0567. The molecule has 2 aromatic carbocycles. The Morgan fingerprint density at radius 2 is 1.76 bits per heavy atom. The van der Waals surface area contributed by atoms with Gasteiger partial charge in [-0.05, 0) is 60.7 Å². The Morgan fingerprint density at radius 1 is 1.03 bits per heavy atom. The van der Waals surface area contributed by atoms with Crippen LogP contribution >= 0.6 is 35.4 Å². The van der Waals surface area contributed by atoms with E-state index in [1.165, 1.54) is 13.2 Å². The Hall–Kier alpha value is -2.87. The van der Waals surface area contributed by atoms with Crippen molar-refractivity contribution in [2.45, 2.75) is 0 Å². The number of carbonyl (C=O) groups excluding carboxylic acids is 2. The van der Waals surface area contributed by atoms with Gasteiger partial charge in [0.15, 0.2) is 10.9 Å². The third-order valence-electron chi connectivity index (χ3n) is 3.84. The van der Waals surface area contributed by atoms with Gasteiger partial charge in [0, 0.05) is 11.3 Å². The minimum atomic E-state index is -0.530. The van der Waals surface area contributed by atoms with Crippen molar-refractivity contribution >= 4 is 58.1 Å². The molecule has 0 aliphatic carbocycles. The summed E-state index contributed by atoms with van der Waals surface area (Å²) in [6, 6.07) is 14.7. The number of esters is 1. The lowest BCUT2D eigenvalue weighted by molar-refractivity contribution is 0.0600. The molecule has 0 atom stereocenters. The number of anilines is 1. The third kappa shape index (κ3) is 4.95. The lowest BCUT2D eigenvalue weighted by Gasteiger charge is -2.09. The first-order valence-corrected chi connectivity index (χ1v) is 9.40. The molecule has 2 N–H and O–H groups in total. The Morgan fingerprint density at radius 3 is 2.45 bits per heavy atom. The van der Waals surface area contributed by atoms with Gasteiger partial charge in [-0.2, -0.15) is 0 Å². The molecule has 0 spiro atoms. The molecular formula is C20H14Cl2N2O4S. The smallest absolute Gasteiger partial charge is 0.337 e. The van der Waals surface area contributed by atoms with Crippen LogP contribution in [0.3, 0.4) is 0 Å². The maximum Gasteiger partial charge on any atom is 0.337 e. The summed E-state index contributed by atoms with van der Waals surface area (Å²) < 4.78 is 10.2. The van der Waals surface area contributed by atoms with Crippen molar-refractivity contribution in [3.63, 3.8) is 0 Å². The van der Waals surface area contributed by atoms with E-state index in [2.05, 4.69) is 15.4 Å². The molecule has 1 heterocycles. The van der Waals surface area contributed by atoms with E-state index in [0.29, 0.717) is 32.6 Å². The SMILES string of the molecule is COC(=O)c1ccc(NC(=S)NC(=O)c2ccc(-c3cccc(Cl)c3Cl)o2)cc1. The highest BCUT2D eigenvalue weighted by Crippen LogP contribution is 2.34. The Balaban J connectivity index is 1.64. The molecule has 1 amide bonds. The largest absolute Gasteiger partial charge is 0.465 e. The molecule has 0 bridgehead atoms. The number of nitrogens with one attached hydrogen (secondary N) is 2. The molecule has 9 heteroatoms. The van der Waals surface area contributed by atoms with Gasteiger partial charge in [-0.15, -0.1) is 0 Å². The van der Waals surface area contributed by atoms with Gasteiger partial charge in [0.1, 0.15) is 5.76 Å². The molecule has 148 valence electrons. The van der Waals surface area contributed by atoms with Crippen LogP contribution in [0, 0.1) is 0 Å². The third-order valence-corrected chi connectivity index (χ3v) is 4.86. The predicted octanol–water partition coefficient (Wildman–Crippen LogP) is 5.17. The number of rotatable bonds is 4. The van der Waals surface area contributed by atoms with E-state index < -0.39 is 11.9 Å². The van der Waals surface area contributed by atoms with Crippen LogP contribution < -0.4 is 10.6 Å². The van der Waals surface area contributed by atoms with Gasteiger partial charge in [-0.25, -0.2) is 4.79 Å². The summed E-state index contributed by atoms with van der Waals surface area (Å²) in [4.78, 5) is 23.8. The molecule has 0 fully saturated rings. The Bertz CT molecular complexity index is 1080. The number of thiocarbonyl (C=S) groups is 1. The zero-order valence-corrected chi connectivity index (χ0v) is 17.3. The van der Waals surface area contributed by atoms with Crippen LogP contribution in [-0.4, -0.2) is 24.1 Å². The van der Waals surface area contributed by atoms with Crippen LogP contribution in [0.25, 0.3) is 11.3 Å². The normalized spacial score (nSPS) is 10.3. The fraction of sp³-hybridized carbons (Fsp3) is 0.0500. The van der Waals surface area contributed by atoms with Crippen LogP contribution in [-0.2, 0) is 4.74 Å². The molecule has 0 aliphatic rings. The number of hydrogen-bond donors (Lipinski definition) is 2. The van der Waals surface area contributed by atoms with E-state index in [1.54, 1.807) is 48.5 Å². The molecule has 3 aromatic rings. The van der Waals surface area contributed by atoms with Crippen molar-refractivity contribution in [3.05, 3.63) is 76.0 Å². The highest BCUT2D eigenvalue weighted by molar-refractivity contribution is 7.80. The maximum absolute atomic E-state index is 12.4. The highest BCUT2D eigenvalue weighted by atomic mass is 35.5. The lowest BCUT2D eigenvalue weighted by atomic mass is 10.2. The highest BCUT2D eigenvalue weighted by Gasteiger charge is 2.16. The monoisotopic (exact) mass is 448 g/mol. The van der Waals surface area contributed by atoms with E-state index in [4.69, 9.17) is 39.8 Å². The van der Waals surface area contributed by atoms with Crippen molar-refractivity contribution in [1.29, 1.82) is 0 Å². The number of carbonyl (C=O) groups is 2. The second-order valence-corrected chi connectivity index (χ2v) is 6.94. The first-order valence-electron chi connectivity index (χ1n) is 8.24. The molecule has 6 nitrogen and oxygen atoms in total. The first kappa shape index (κ1) is 20.9. The van der Waals surface area contributed by atoms with E-state index in [0.717, 1.165) is 0 Å². The second kappa shape index (κ2) is 9.09. The minimum Gasteiger partial charge on any atom is -0.465 e. The quantitative estimate of drug-likeness (QED) is 0.423. The van der Waals surface area contributed by atoms with Crippen LogP contribution in [0.2, 0.25) is 10.0 Å². The van der Waals surface area contributed by atoms with E-state index >= 15 is 0 Å². The van der Waals surface area contributed by atoms with Crippen LogP contribution in [0.1, 0.15) is 20.9 Å². The number of furan rings is 1. The molecule has 29 heavy (non-hydrogen) atoms. The molecule has 0 aliphatic heterocycles. The van der Waals surface area contributed by atoms with Crippen molar-refractivity contribution in [3.8, 4) is 11.3 Å². The van der Waals surface area contributed by atoms with Gasteiger partial charge in [0.2, 0.25) is 0 Å². The van der Waals surface area contributed by atoms with Crippen molar-refractivity contribution in [2.24, 2.45) is 0 Å². The van der Waals surface area contributed by atoms with Crippen LogP contribution in [0.15, 0.2) is 59.0 Å². The molecule has 3 rings (SSSR count). The summed E-state index contributed by atoms with van der Waals surface area (Å²) in [6.07, 6.45) is 0. The number of methoxy groups -OCH3 is 1. The van der Waals surface area contributed by atoms with Gasteiger partial charge in [0.05, 0.1) is 22.7 Å². The maximum atomic E-state index is 12.4. The summed E-state index contributed by atoms with van der Waals surface area (Å²) in [5, 5.41) is 6.16. The lowest BCUT2D eigenvalue weighted by Crippen LogP contribution is -2.33. The first-order chi connectivity index (χ1) is 13.9. The average molecular weight is 449 g/mol. The van der Waals surface area contributed by atoms with Crippen LogP contribution in [0.5, 0.6) is 0 Å². The summed E-state index contributed by atoms with van der Waals surface area (Å²) in [5.41, 5.74) is 1.56. The van der Waals surface area contributed by atoms with Crippen molar-refractivity contribution < 1.29 is 18.7 Å².